The molecule has 0 saturated carbocycles. The van der Waals surface area contributed by atoms with E-state index in [1.807, 2.05) is 13.0 Å². The Morgan fingerprint density at radius 1 is 1.10 bits per heavy atom. The van der Waals surface area contributed by atoms with E-state index in [4.69, 9.17) is 4.74 Å². The lowest BCUT2D eigenvalue weighted by molar-refractivity contribution is -0.124. The van der Waals surface area contributed by atoms with Crippen LogP contribution in [0.5, 0.6) is 0 Å². The Morgan fingerprint density at radius 3 is 2.69 bits per heavy atom. The van der Waals surface area contributed by atoms with Crippen LogP contribution in [-0.4, -0.2) is 35.0 Å². The SMILES string of the molecule is CCCCNC(=O)COC(=O)c1ccccc1Cc1nc2ccccc2c(=O)[nH]1. The van der Waals surface area contributed by atoms with Crippen LogP contribution in [0.3, 0.4) is 0 Å². The number of nitrogens with one attached hydrogen (secondary N) is 2. The van der Waals surface area contributed by atoms with Crippen LogP contribution in [0.2, 0.25) is 0 Å². The quantitative estimate of drug-likeness (QED) is 0.452. The van der Waals surface area contributed by atoms with Gasteiger partial charge in [-0.2, -0.15) is 0 Å². The van der Waals surface area contributed by atoms with Crippen molar-refractivity contribution in [2.45, 2.75) is 26.2 Å². The lowest BCUT2D eigenvalue weighted by Gasteiger charge is -2.10. The molecule has 0 saturated heterocycles. The van der Waals surface area contributed by atoms with Crippen molar-refractivity contribution in [3.63, 3.8) is 0 Å². The number of fused-ring (bicyclic) bond motifs is 1. The zero-order valence-electron chi connectivity index (χ0n) is 16.2. The van der Waals surface area contributed by atoms with Crippen LogP contribution >= 0.6 is 0 Å². The fourth-order valence-corrected chi connectivity index (χ4v) is 2.94. The number of aromatic nitrogens is 2. The first-order valence-electron chi connectivity index (χ1n) is 9.58. The molecule has 0 aliphatic rings. The Kier molecular flexibility index (Phi) is 6.73. The zero-order chi connectivity index (χ0) is 20.6. The van der Waals surface area contributed by atoms with Crippen LogP contribution in [0.15, 0.2) is 53.3 Å². The van der Waals surface area contributed by atoms with Gasteiger partial charge >= 0.3 is 5.97 Å². The van der Waals surface area contributed by atoms with Crippen LogP contribution in [0.1, 0.15) is 41.5 Å². The minimum absolute atomic E-state index is 0.227. The minimum atomic E-state index is -0.589. The minimum Gasteiger partial charge on any atom is -0.452 e. The molecule has 0 aliphatic heterocycles. The lowest BCUT2D eigenvalue weighted by atomic mass is 10.0. The molecule has 0 spiro atoms. The summed E-state index contributed by atoms with van der Waals surface area (Å²) < 4.78 is 5.15. The summed E-state index contributed by atoms with van der Waals surface area (Å²) in [5.41, 5.74) is 1.36. The van der Waals surface area contributed by atoms with Crippen molar-refractivity contribution in [3.05, 3.63) is 75.8 Å². The average molecular weight is 393 g/mol. The summed E-state index contributed by atoms with van der Waals surface area (Å²) >= 11 is 0. The van der Waals surface area contributed by atoms with Crippen LogP contribution in [0.25, 0.3) is 10.9 Å². The van der Waals surface area contributed by atoms with Crippen molar-refractivity contribution in [3.8, 4) is 0 Å². The molecule has 29 heavy (non-hydrogen) atoms. The van der Waals surface area contributed by atoms with Crippen LogP contribution in [-0.2, 0) is 16.0 Å². The number of aromatic amines is 1. The third kappa shape index (κ3) is 5.28. The second-order valence-electron chi connectivity index (χ2n) is 6.64. The third-order valence-electron chi connectivity index (χ3n) is 4.44. The Balaban J connectivity index is 1.73. The van der Waals surface area contributed by atoms with Crippen LogP contribution in [0.4, 0.5) is 0 Å². The van der Waals surface area contributed by atoms with E-state index in [2.05, 4.69) is 15.3 Å². The summed E-state index contributed by atoms with van der Waals surface area (Å²) in [7, 11) is 0. The first-order valence-corrected chi connectivity index (χ1v) is 9.58. The largest absolute Gasteiger partial charge is 0.452 e. The van der Waals surface area contributed by atoms with Gasteiger partial charge in [-0.1, -0.05) is 43.7 Å². The molecule has 0 atom stereocenters. The predicted octanol–water partition coefficient (Wildman–Crippen LogP) is 2.59. The summed E-state index contributed by atoms with van der Waals surface area (Å²) in [6.07, 6.45) is 2.10. The number of ether oxygens (including phenoxy) is 1. The summed E-state index contributed by atoms with van der Waals surface area (Å²) in [5.74, 6) is -0.467. The first kappa shape index (κ1) is 20.3. The van der Waals surface area contributed by atoms with Gasteiger partial charge in [-0.25, -0.2) is 9.78 Å². The molecule has 0 aliphatic carbocycles. The Bertz CT molecular complexity index is 1070. The molecule has 2 aromatic carbocycles. The van der Waals surface area contributed by atoms with Gasteiger partial charge in [0.2, 0.25) is 0 Å². The maximum absolute atomic E-state index is 12.5. The van der Waals surface area contributed by atoms with E-state index >= 15 is 0 Å². The van der Waals surface area contributed by atoms with Gasteiger partial charge in [-0.3, -0.25) is 9.59 Å². The Morgan fingerprint density at radius 2 is 1.86 bits per heavy atom. The molecule has 0 radical (unpaired) electrons. The standard InChI is InChI=1S/C22H23N3O4/c1-2-3-12-23-20(26)14-29-22(28)16-9-5-4-8-15(16)13-19-24-18-11-7-6-10-17(18)21(27)25-19/h4-11H,2-3,12-14H2,1H3,(H,23,26)(H,24,25,27). The highest BCUT2D eigenvalue weighted by molar-refractivity contribution is 5.92. The van der Waals surface area contributed by atoms with E-state index in [0.717, 1.165) is 12.8 Å². The zero-order valence-corrected chi connectivity index (χ0v) is 16.2. The predicted molar refractivity (Wildman–Crippen MR) is 110 cm³/mol. The van der Waals surface area contributed by atoms with Crippen molar-refractivity contribution in [2.75, 3.05) is 13.2 Å². The smallest absolute Gasteiger partial charge is 0.338 e. The molecule has 3 aromatic rings. The van der Waals surface area contributed by atoms with Gasteiger partial charge in [0.1, 0.15) is 5.82 Å². The van der Waals surface area contributed by atoms with Gasteiger partial charge in [0.15, 0.2) is 6.61 Å². The maximum atomic E-state index is 12.5. The highest BCUT2D eigenvalue weighted by Crippen LogP contribution is 2.15. The molecule has 0 bridgehead atoms. The third-order valence-corrected chi connectivity index (χ3v) is 4.44. The molecule has 1 heterocycles. The van der Waals surface area contributed by atoms with E-state index in [-0.39, 0.29) is 24.5 Å². The van der Waals surface area contributed by atoms with Crippen molar-refractivity contribution in [1.29, 1.82) is 0 Å². The molecule has 3 rings (SSSR count). The van der Waals surface area contributed by atoms with E-state index in [1.165, 1.54) is 0 Å². The molecule has 0 fully saturated rings. The van der Waals surface area contributed by atoms with E-state index in [9.17, 15) is 14.4 Å². The number of carbonyl (C=O) groups is 2. The highest BCUT2D eigenvalue weighted by atomic mass is 16.5. The van der Waals surface area contributed by atoms with E-state index < -0.39 is 5.97 Å². The molecular formula is C22H23N3O4. The monoisotopic (exact) mass is 393 g/mol. The van der Waals surface area contributed by atoms with Crippen LogP contribution < -0.4 is 10.9 Å². The van der Waals surface area contributed by atoms with E-state index in [0.29, 0.717) is 34.4 Å². The normalized spacial score (nSPS) is 10.7. The number of amides is 1. The number of carbonyl (C=O) groups excluding carboxylic acids is 2. The van der Waals surface area contributed by atoms with Gasteiger partial charge in [0.05, 0.1) is 16.5 Å². The number of unbranched alkanes of at least 4 members (excludes halogenated alkanes) is 1. The van der Waals surface area contributed by atoms with Gasteiger partial charge in [-0.15, -0.1) is 0 Å². The van der Waals surface area contributed by atoms with Gasteiger partial charge < -0.3 is 15.0 Å². The number of H-pyrrole nitrogens is 1. The summed E-state index contributed by atoms with van der Waals surface area (Å²) in [4.78, 5) is 43.7. The van der Waals surface area contributed by atoms with Gasteiger partial charge in [-0.05, 0) is 30.2 Å². The maximum Gasteiger partial charge on any atom is 0.338 e. The number of benzene rings is 2. The van der Waals surface area contributed by atoms with Crippen molar-refractivity contribution >= 4 is 22.8 Å². The molecular weight excluding hydrogens is 370 g/mol. The number of nitrogens with zero attached hydrogens (tertiary/aromatic N) is 1. The molecule has 1 aromatic heterocycles. The highest BCUT2D eigenvalue weighted by Gasteiger charge is 2.15. The van der Waals surface area contributed by atoms with Crippen LogP contribution in [0, 0.1) is 0 Å². The fourth-order valence-electron chi connectivity index (χ4n) is 2.94. The van der Waals surface area contributed by atoms with Crippen molar-refractivity contribution < 1.29 is 14.3 Å². The van der Waals surface area contributed by atoms with E-state index in [1.54, 1.807) is 42.5 Å². The van der Waals surface area contributed by atoms with Crippen molar-refractivity contribution in [2.24, 2.45) is 0 Å². The van der Waals surface area contributed by atoms with Gasteiger partial charge in [0.25, 0.3) is 11.5 Å². The Labute approximate surface area is 168 Å². The van der Waals surface area contributed by atoms with Crippen molar-refractivity contribution in [1.82, 2.24) is 15.3 Å². The molecule has 0 unspecified atom stereocenters. The number of esters is 1. The Hall–Kier alpha value is -3.48. The lowest BCUT2D eigenvalue weighted by Crippen LogP contribution is -2.29. The second-order valence-corrected chi connectivity index (χ2v) is 6.64. The summed E-state index contributed by atoms with van der Waals surface area (Å²) in [6, 6.07) is 14.0. The first-order chi connectivity index (χ1) is 14.1. The van der Waals surface area contributed by atoms with Gasteiger partial charge in [0, 0.05) is 13.0 Å². The molecule has 7 nitrogen and oxygen atoms in total. The topological polar surface area (TPSA) is 101 Å². The number of para-hydroxylation sites is 1. The number of hydrogen-bond acceptors (Lipinski definition) is 5. The average Bonchev–Trinajstić information content (AvgIpc) is 2.73. The molecule has 2 N–H and O–H groups in total. The molecule has 1 amide bonds. The summed E-state index contributed by atoms with van der Waals surface area (Å²) in [6.45, 7) is 2.26. The second kappa shape index (κ2) is 9.64. The number of rotatable bonds is 8. The fraction of sp³-hybridized carbons (Fsp3) is 0.273. The molecule has 7 heteroatoms. The molecule has 150 valence electrons. The number of hydrogen-bond donors (Lipinski definition) is 2. The summed E-state index contributed by atoms with van der Waals surface area (Å²) in [5, 5.41) is 3.21.